The molecule has 0 aliphatic carbocycles. The van der Waals surface area contributed by atoms with Crippen molar-refractivity contribution in [3.63, 3.8) is 0 Å². The Morgan fingerprint density at radius 3 is 2.50 bits per heavy atom. The molecule has 0 spiro atoms. The van der Waals surface area contributed by atoms with Crippen LogP contribution in [0.2, 0.25) is 0 Å². The van der Waals surface area contributed by atoms with Gasteiger partial charge in [-0.2, -0.15) is 0 Å². The van der Waals surface area contributed by atoms with E-state index in [4.69, 9.17) is 9.84 Å². The lowest BCUT2D eigenvalue weighted by molar-refractivity contribution is 0.172. The molecule has 0 aromatic heterocycles. The zero-order chi connectivity index (χ0) is 9.23. The van der Waals surface area contributed by atoms with Crippen LogP contribution in [0.15, 0.2) is 0 Å². The summed E-state index contributed by atoms with van der Waals surface area (Å²) >= 11 is 0. The van der Waals surface area contributed by atoms with Crippen LogP contribution in [-0.2, 0) is 4.74 Å². The van der Waals surface area contributed by atoms with Gasteiger partial charge < -0.3 is 9.84 Å². The first-order valence-electron chi connectivity index (χ1n) is 4.95. The highest BCUT2D eigenvalue weighted by molar-refractivity contribution is 4.57. The molecule has 1 atom stereocenters. The standard InChI is InChI=1S/C10H22O2/c1-3-10(7-9-12-2)6-4-5-8-11/h10-11H,3-9H2,1-2H3/t10-/m0/s1. The Bertz CT molecular complexity index is 83.9. The van der Waals surface area contributed by atoms with Crippen LogP contribution < -0.4 is 0 Å². The minimum atomic E-state index is 0.334. The maximum Gasteiger partial charge on any atom is 0.0464 e. The number of rotatable bonds is 8. The van der Waals surface area contributed by atoms with Crippen LogP contribution in [0, 0.1) is 5.92 Å². The van der Waals surface area contributed by atoms with Crippen molar-refractivity contribution >= 4 is 0 Å². The maximum absolute atomic E-state index is 8.60. The summed E-state index contributed by atoms with van der Waals surface area (Å²) in [6.07, 6.45) is 5.73. The largest absolute Gasteiger partial charge is 0.396 e. The molecule has 0 aliphatic rings. The van der Waals surface area contributed by atoms with Gasteiger partial charge in [0.15, 0.2) is 0 Å². The molecule has 0 aromatic rings. The van der Waals surface area contributed by atoms with Crippen molar-refractivity contribution in [2.45, 2.75) is 39.0 Å². The summed E-state index contributed by atoms with van der Waals surface area (Å²) in [6, 6.07) is 0. The van der Waals surface area contributed by atoms with Crippen molar-refractivity contribution in [2.75, 3.05) is 20.3 Å². The Morgan fingerprint density at radius 1 is 1.25 bits per heavy atom. The number of unbranched alkanes of at least 4 members (excludes halogenated alkanes) is 1. The van der Waals surface area contributed by atoms with Gasteiger partial charge in [0, 0.05) is 20.3 Å². The molecule has 0 saturated carbocycles. The normalized spacial score (nSPS) is 13.2. The molecule has 12 heavy (non-hydrogen) atoms. The zero-order valence-electron chi connectivity index (χ0n) is 8.38. The predicted octanol–water partition coefficient (Wildman–Crippen LogP) is 2.21. The molecular weight excluding hydrogens is 152 g/mol. The van der Waals surface area contributed by atoms with Crippen molar-refractivity contribution in [3.8, 4) is 0 Å². The first kappa shape index (κ1) is 11.9. The van der Waals surface area contributed by atoms with E-state index in [1.54, 1.807) is 7.11 Å². The lowest BCUT2D eigenvalue weighted by Gasteiger charge is -2.13. The van der Waals surface area contributed by atoms with E-state index < -0.39 is 0 Å². The number of aliphatic hydroxyl groups excluding tert-OH is 1. The third-order valence-corrected chi connectivity index (χ3v) is 2.33. The van der Waals surface area contributed by atoms with E-state index in [1.165, 1.54) is 19.3 Å². The van der Waals surface area contributed by atoms with Gasteiger partial charge in [-0.25, -0.2) is 0 Å². The molecule has 0 aromatic carbocycles. The highest BCUT2D eigenvalue weighted by Crippen LogP contribution is 2.16. The molecule has 0 amide bonds. The Morgan fingerprint density at radius 2 is 2.00 bits per heavy atom. The Hall–Kier alpha value is -0.0800. The highest BCUT2D eigenvalue weighted by Gasteiger charge is 2.04. The Balaban J connectivity index is 3.26. The topological polar surface area (TPSA) is 29.5 Å². The average Bonchev–Trinajstić information content (AvgIpc) is 2.11. The summed E-state index contributed by atoms with van der Waals surface area (Å²) in [4.78, 5) is 0. The van der Waals surface area contributed by atoms with E-state index in [1.807, 2.05) is 0 Å². The van der Waals surface area contributed by atoms with Crippen molar-refractivity contribution in [3.05, 3.63) is 0 Å². The second kappa shape index (κ2) is 9.01. The Kier molecular flexibility index (Phi) is 8.95. The lowest BCUT2D eigenvalue weighted by atomic mass is 9.96. The second-order valence-corrected chi connectivity index (χ2v) is 3.28. The average molecular weight is 174 g/mol. The van der Waals surface area contributed by atoms with Gasteiger partial charge in [-0.1, -0.05) is 26.2 Å². The molecular formula is C10H22O2. The van der Waals surface area contributed by atoms with E-state index in [9.17, 15) is 0 Å². The van der Waals surface area contributed by atoms with Crippen molar-refractivity contribution < 1.29 is 9.84 Å². The molecule has 0 aliphatic heterocycles. The van der Waals surface area contributed by atoms with Crippen LogP contribution in [-0.4, -0.2) is 25.4 Å². The fourth-order valence-electron chi connectivity index (χ4n) is 1.38. The molecule has 0 fully saturated rings. The molecule has 0 rings (SSSR count). The molecule has 0 unspecified atom stereocenters. The van der Waals surface area contributed by atoms with E-state index in [2.05, 4.69) is 6.92 Å². The molecule has 74 valence electrons. The fraction of sp³-hybridized carbons (Fsp3) is 1.00. The van der Waals surface area contributed by atoms with Crippen molar-refractivity contribution in [1.82, 2.24) is 0 Å². The molecule has 2 nitrogen and oxygen atoms in total. The predicted molar refractivity (Wildman–Crippen MR) is 51.2 cm³/mol. The van der Waals surface area contributed by atoms with Gasteiger partial charge >= 0.3 is 0 Å². The minimum Gasteiger partial charge on any atom is -0.396 e. The quantitative estimate of drug-likeness (QED) is 0.572. The van der Waals surface area contributed by atoms with Gasteiger partial charge in [-0.05, 0) is 18.8 Å². The molecule has 0 heterocycles. The van der Waals surface area contributed by atoms with E-state index in [-0.39, 0.29) is 0 Å². The number of hydrogen-bond acceptors (Lipinski definition) is 2. The monoisotopic (exact) mass is 174 g/mol. The second-order valence-electron chi connectivity index (χ2n) is 3.28. The summed E-state index contributed by atoms with van der Waals surface area (Å²) in [5.41, 5.74) is 0. The molecule has 2 heteroatoms. The van der Waals surface area contributed by atoms with Crippen LogP contribution in [0.4, 0.5) is 0 Å². The summed E-state index contributed by atoms with van der Waals surface area (Å²) in [5.74, 6) is 0.788. The van der Waals surface area contributed by atoms with Crippen molar-refractivity contribution in [2.24, 2.45) is 5.92 Å². The molecule has 0 radical (unpaired) electrons. The minimum absolute atomic E-state index is 0.334. The van der Waals surface area contributed by atoms with E-state index in [0.717, 1.165) is 25.4 Å². The highest BCUT2D eigenvalue weighted by atomic mass is 16.5. The smallest absolute Gasteiger partial charge is 0.0464 e. The first-order valence-corrected chi connectivity index (χ1v) is 4.95. The van der Waals surface area contributed by atoms with Gasteiger partial charge in [0.1, 0.15) is 0 Å². The molecule has 0 bridgehead atoms. The summed E-state index contributed by atoms with van der Waals surface area (Å²) in [5, 5.41) is 8.60. The SMILES string of the molecule is CC[C@@H](CCCCO)CCOC. The summed E-state index contributed by atoms with van der Waals surface area (Å²) in [6.45, 7) is 3.43. The van der Waals surface area contributed by atoms with Crippen LogP contribution in [0.1, 0.15) is 39.0 Å². The third-order valence-electron chi connectivity index (χ3n) is 2.33. The van der Waals surface area contributed by atoms with Gasteiger partial charge in [0.25, 0.3) is 0 Å². The van der Waals surface area contributed by atoms with E-state index in [0.29, 0.717) is 6.61 Å². The first-order chi connectivity index (χ1) is 5.85. The number of ether oxygens (including phenoxy) is 1. The summed E-state index contributed by atoms with van der Waals surface area (Å²) < 4.78 is 5.03. The molecule has 0 saturated heterocycles. The lowest BCUT2D eigenvalue weighted by Crippen LogP contribution is -2.03. The van der Waals surface area contributed by atoms with Gasteiger partial charge in [-0.15, -0.1) is 0 Å². The number of hydrogen-bond donors (Lipinski definition) is 1. The van der Waals surface area contributed by atoms with Gasteiger partial charge in [-0.3, -0.25) is 0 Å². The van der Waals surface area contributed by atoms with Crippen LogP contribution in [0.3, 0.4) is 0 Å². The van der Waals surface area contributed by atoms with Gasteiger partial charge in [0.2, 0.25) is 0 Å². The van der Waals surface area contributed by atoms with Crippen molar-refractivity contribution in [1.29, 1.82) is 0 Å². The Labute approximate surface area is 75.9 Å². The zero-order valence-corrected chi connectivity index (χ0v) is 8.38. The number of methoxy groups -OCH3 is 1. The van der Waals surface area contributed by atoms with Crippen LogP contribution >= 0.6 is 0 Å². The van der Waals surface area contributed by atoms with Crippen LogP contribution in [0.25, 0.3) is 0 Å². The number of aliphatic hydroxyl groups is 1. The fourth-order valence-corrected chi connectivity index (χ4v) is 1.38. The van der Waals surface area contributed by atoms with Crippen LogP contribution in [0.5, 0.6) is 0 Å². The molecule has 1 N–H and O–H groups in total. The third kappa shape index (κ3) is 6.62. The van der Waals surface area contributed by atoms with E-state index >= 15 is 0 Å². The van der Waals surface area contributed by atoms with Gasteiger partial charge in [0.05, 0.1) is 0 Å². The maximum atomic E-state index is 8.60. The summed E-state index contributed by atoms with van der Waals surface area (Å²) in [7, 11) is 1.75.